The first-order chi connectivity index (χ1) is 13.4. The van der Waals surface area contributed by atoms with E-state index < -0.39 is 10.0 Å². The molecule has 1 aromatic carbocycles. The van der Waals surface area contributed by atoms with Crippen molar-refractivity contribution in [3.05, 3.63) is 23.8 Å². The van der Waals surface area contributed by atoms with Crippen LogP contribution in [-0.4, -0.2) is 52.5 Å². The van der Waals surface area contributed by atoms with Gasteiger partial charge in [-0.05, 0) is 30.5 Å². The molecule has 0 aromatic heterocycles. The molecule has 3 rings (SSSR count). The van der Waals surface area contributed by atoms with Gasteiger partial charge in [0.2, 0.25) is 21.8 Å². The predicted octanol–water partition coefficient (Wildman–Crippen LogP) is 1.30. The molecule has 2 fully saturated rings. The largest absolute Gasteiger partial charge is 0.495 e. The summed E-state index contributed by atoms with van der Waals surface area (Å²) >= 11 is 0. The number of methoxy groups -OCH3 is 2. The van der Waals surface area contributed by atoms with Crippen molar-refractivity contribution in [2.75, 3.05) is 27.4 Å². The number of carbonyl (C=O) groups is 2. The first-order valence-corrected chi connectivity index (χ1v) is 10.9. The maximum Gasteiger partial charge on any atom is 0.244 e. The van der Waals surface area contributed by atoms with Crippen LogP contribution in [0.15, 0.2) is 23.1 Å². The van der Waals surface area contributed by atoms with Crippen LogP contribution in [0.5, 0.6) is 5.75 Å². The second-order valence-corrected chi connectivity index (χ2v) is 8.87. The first-order valence-electron chi connectivity index (χ1n) is 9.39. The van der Waals surface area contributed by atoms with Crippen molar-refractivity contribution in [3.8, 4) is 5.75 Å². The third-order valence-electron chi connectivity index (χ3n) is 5.39. The fraction of sp³-hybridized carbons (Fsp3) is 0.579. The maximum absolute atomic E-state index is 12.7. The molecule has 1 heterocycles. The summed E-state index contributed by atoms with van der Waals surface area (Å²) in [4.78, 5) is 26.6. The summed E-state index contributed by atoms with van der Waals surface area (Å²) in [6, 6.07) is 4.67. The lowest BCUT2D eigenvalue weighted by Crippen LogP contribution is -2.31. The van der Waals surface area contributed by atoms with Crippen LogP contribution < -0.4 is 9.46 Å². The molecule has 1 N–H and O–H groups in total. The summed E-state index contributed by atoms with van der Waals surface area (Å²) in [6.45, 7) is 0.425. The number of hydrogen-bond acceptors (Lipinski definition) is 6. The van der Waals surface area contributed by atoms with Crippen molar-refractivity contribution < 1.29 is 27.5 Å². The lowest BCUT2D eigenvalue weighted by molar-refractivity contribution is -0.140. The van der Waals surface area contributed by atoms with Gasteiger partial charge in [0.05, 0.1) is 32.1 Å². The van der Waals surface area contributed by atoms with Crippen molar-refractivity contribution in [2.45, 2.75) is 37.1 Å². The van der Waals surface area contributed by atoms with E-state index in [1.165, 1.54) is 31.3 Å². The van der Waals surface area contributed by atoms with E-state index in [9.17, 15) is 18.0 Å². The molecule has 1 saturated heterocycles. The third kappa shape index (κ3) is 4.06. The molecular weight excluding hydrogens is 384 g/mol. The zero-order chi connectivity index (χ0) is 20.3. The Hall–Kier alpha value is -1.97. The Bertz CT molecular complexity index is 830. The van der Waals surface area contributed by atoms with Gasteiger partial charge in [-0.1, -0.05) is 18.9 Å². The number of imide groups is 1. The molecule has 1 aliphatic heterocycles. The number of sulfonamides is 1. The topological polar surface area (TPSA) is 102 Å². The Morgan fingerprint density at radius 1 is 1.11 bits per heavy atom. The van der Waals surface area contributed by atoms with Gasteiger partial charge in [-0.3, -0.25) is 14.5 Å². The number of nitrogens with one attached hydrogen (secondary N) is 1. The van der Waals surface area contributed by atoms with Gasteiger partial charge in [-0.15, -0.1) is 0 Å². The number of ether oxygens (including phenoxy) is 2. The Labute approximate surface area is 165 Å². The lowest BCUT2D eigenvalue weighted by atomic mass is 9.81. The first kappa shape index (κ1) is 20.8. The van der Waals surface area contributed by atoms with Gasteiger partial charge < -0.3 is 9.47 Å². The van der Waals surface area contributed by atoms with E-state index in [4.69, 9.17) is 9.47 Å². The molecule has 2 atom stereocenters. The highest BCUT2D eigenvalue weighted by atomic mass is 32.2. The summed E-state index contributed by atoms with van der Waals surface area (Å²) in [5, 5.41) is 0. The summed E-state index contributed by atoms with van der Waals surface area (Å²) in [5.74, 6) is -0.542. The average molecular weight is 410 g/mol. The predicted molar refractivity (Wildman–Crippen MR) is 101 cm³/mol. The number of fused-ring (bicyclic) bond motifs is 1. The summed E-state index contributed by atoms with van der Waals surface area (Å²) in [5.41, 5.74) is 0.563. The smallest absolute Gasteiger partial charge is 0.244 e. The van der Waals surface area contributed by atoms with Gasteiger partial charge in [0, 0.05) is 13.7 Å². The van der Waals surface area contributed by atoms with Gasteiger partial charge in [0.25, 0.3) is 0 Å². The third-order valence-corrected chi connectivity index (χ3v) is 6.87. The molecular formula is C19H26N2O6S. The number of nitrogens with zero attached hydrogens (tertiary/aromatic N) is 1. The van der Waals surface area contributed by atoms with E-state index in [1.807, 2.05) is 0 Å². The minimum Gasteiger partial charge on any atom is -0.495 e. The minimum atomic E-state index is -3.82. The Kier molecular flexibility index (Phi) is 6.36. The van der Waals surface area contributed by atoms with Crippen LogP contribution in [0.1, 0.15) is 31.2 Å². The van der Waals surface area contributed by atoms with Crippen molar-refractivity contribution in [2.24, 2.45) is 11.8 Å². The van der Waals surface area contributed by atoms with Gasteiger partial charge in [-0.25, -0.2) is 13.1 Å². The molecule has 1 aromatic rings. The average Bonchev–Trinajstić information content (AvgIpc) is 2.93. The normalized spacial score (nSPS) is 22.4. The minimum absolute atomic E-state index is 0.0277. The lowest BCUT2D eigenvalue weighted by Gasteiger charge is -2.19. The van der Waals surface area contributed by atoms with Crippen molar-refractivity contribution >= 4 is 21.8 Å². The molecule has 2 unspecified atom stereocenters. The van der Waals surface area contributed by atoms with Crippen LogP contribution in [0.25, 0.3) is 0 Å². The van der Waals surface area contributed by atoms with Crippen LogP contribution in [0.4, 0.5) is 0 Å². The van der Waals surface area contributed by atoms with E-state index in [0.717, 1.165) is 25.7 Å². The van der Waals surface area contributed by atoms with Crippen molar-refractivity contribution in [1.29, 1.82) is 0 Å². The molecule has 9 heteroatoms. The quantitative estimate of drug-likeness (QED) is 0.512. The van der Waals surface area contributed by atoms with Gasteiger partial charge in [-0.2, -0.15) is 0 Å². The number of carbonyl (C=O) groups excluding carboxylic acids is 2. The van der Waals surface area contributed by atoms with E-state index >= 15 is 0 Å². The number of amides is 2. The number of benzene rings is 1. The Morgan fingerprint density at radius 2 is 1.75 bits per heavy atom. The molecule has 8 nitrogen and oxygen atoms in total. The Balaban J connectivity index is 1.83. The molecule has 2 amide bonds. The highest BCUT2D eigenvalue weighted by Crippen LogP contribution is 2.38. The van der Waals surface area contributed by atoms with Crippen LogP contribution in [0, 0.1) is 11.8 Å². The Morgan fingerprint density at radius 3 is 2.32 bits per heavy atom. The van der Waals surface area contributed by atoms with E-state index in [-0.39, 0.29) is 54.0 Å². The molecule has 1 saturated carbocycles. The van der Waals surface area contributed by atoms with Crippen molar-refractivity contribution in [3.63, 3.8) is 0 Å². The van der Waals surface area contributed by atoms with Crippen LogP contribution >= 0.6 is 0 Å². The molecule has 28 heavy (non-hydrogen) atoms. The van der Waals surface area contributed by atoms with Crippen molar-refractivity contribution in [1.82, 2.24) is 9.62 Å². The van der Waals surface area contributed by atoms with Gasteiger partial charge in [0.15, 0.2) is 0 Å². The molecule has 0 radical (unpaired) electrons. The maximum atomic E-state index is 12.7. The molecule has 1 aliphatic carbocycles. The van der Waals surface area contributed by atoms with E-state index in [0.29, 0.717) is 5.56 Å². The number of rotatable bonds is 8. The second kappa shape index (κ2) is 8.59. The second-order valence-electron chi connectivity index (χ2n) is 7.14. The number of likely N-dealkylation sites (tertiary alicyclic amines) is 1. The monoisotopic (exact) mass is 410 g/mol. The zero-order valence-electron chi connectivity index (χ0n) is 16.1. The van der Waals surface area contributed by atoms with Gasteiger partial charge in [0.1, 0.15) is 10.6 Å². The highest BCUT2D eigenvalue weighted by Gasteiger charge is 2.47. The van der Waals surface area contributed by atoms with Crippen LogP contribution in [0.3, 0.4) is 0 Å². The fourth-order valence-electron chi connectivity index (χ4n) is 3.95. The molecule has 0 bridgehead atoms. The van der Waals surface area contributed by atoms with Crippen LogP contribution in [-0.2, 0) is 30.9 Å². The molecule has 154 valence electrons. The summed E-state index contributed by atoms with van der Waals surface area (Å²) < 4.78 is 37.7. The van der Waals surface area contributed by atoms with Crippen LogP contribution in [0.2, 0.25) is 0 Å². The zero-order valence-corrected chi connectivity index (χ0v) is 17.0. The highest BCUT2D eigenvalue weighted by molar-refractivity contribution is 7.89. The SMILES string of the molecule is COCCNS(=O)(=O)c1cc(CN2C(=O)C3CCCCC3C2=O)ccc1OC. The van der Waals surface area contributed by atoms with Gasteiger partial charge >= 0.3 is 0 Å². The fourth-order valence-corrected chi connectivity index (χ4v) is 5.19. The standard InChI is InChI=1S/C19H26N2O6S/c1-26-10-9-20-28(24,25)17-11-13(7-8-16(17)27-2)12-21-18(22)14-5-3-4-6-15(14)19(21)23/h7-8,11,14-15,20H,3-6,9-10,12H2,1-2H3. The summed E-state index contributed by atoms with van der Waals surface area (Å²) in [7, 11) is -0.949. The molecule has 0 spiro atoms. The molecule has 2 aliphatic rings. The number of hydrogen-bond donors (Lipinski definition) is 1. The van der Waals surface area contributed by atoms with E-state index in [2.05, 4.69) is 4.72 Å². The summed E-state index contributed by atoms with van der Waals surface area (Å²) in [6.07, 6.45) is 3.42. The van der Waals surface area contributed by atoms with E-state index in [1.54, 1.807) is 6.07 Å².